The summed E-state index contributed by atoms with van der Waals surface area (Å²) in [6, 6.07) is 9.18. The minimum Gasteiger partial charge on any atom is -0.348 e. The van der Waals surface area contributed by atoms with Gasteiger partial charge in [-0.3, -0.25) is 4.79 Å². The van der Waals surface area contributed by atoms with Crippen LogP contribution in [-0.2, 0) is 6.54 Å². The molecule has 0 aliphatic carbocycles. The highest BCUT2D eigenvalue weighted by molar-refractivity contribution is 6.33. The second kappa shape index (κ2) is 6.01. The van der Waals surface area contributed by atoms with Gasteiger partial charge in [-0.15, -0.1) is 0 Å². The maximum absolute atomic E-state index is 13.1. The van der Waals surface area contributed by atoms with Crippen LogP contribution in [0.2, 0.25) is 5.02 Å². The molecule has 0 atom stereocenters. The second-order valence-corrected chi connectivity index (χ2v) is 4.82. The van der Waals surface area contributed by atoms with E-state index in [1.807, 2.05) is 31.2 Å². The summed E-state index contributed by atoms with van der Waals surface area (Å²) in [5, 5.41) is 2.49. The van der Waals surface area contributed by atoms with Gasteiger partial charge in [0.05, 0.1) is 10.6 Å². The summed E-state index contributed by atoms with van der Waals surface area (Å²) >= 11 is 5.73. The number of hydrogen-bond acceptors (Lipinski definition) is 1. The van der Waals surface area contributed by atoms with Crippen LogP contribution in [0, 0.1) is 18.6 Å². The summed E-state index contributed by atoms with van der Waals surface area (Å²) in [5.74, 6) is -2.73. The van der Waals surface area contributed by atoms with E-state index in [0.717, 1.165) is 23.3 Å². The van der Waals surface area contributed by atoms with E-state index in [-0.39, 0.29) is 17.1 Å². The summed E-state index contributed by atoms with van der Waals surface area (Å²) in [5.41, 5.74) is 1.93. The molecule has 1 amide bonds. The number of nitrogens with one attached hydrogen (secondary N) is 1. The van der Waals surface area contributed by atoms with E-state index in [2.05, 4.69) is 5.32 Å². The van der Waals surface area contributed by atoms with Crippen LogP contribution in [0.1, 0.15) is 21.5 Å². The minimum absolute atomic E-state index is 0.0855. The largest absolute Gasteiger partial charge is 0.348 e. The third-order valence-electron chi connectivity index (χ3n) is 2.83. The lowest BCUT2D eigenvalue weighted by Crippen LogP contribution is -2.23. The molecule has 5 heteroatoms. The molecule has 0 unspecified atom stereocenters. The van der Waals surface area contributed by atoms with Gasteiger partial charge < -0.3 is 5.32 Å². The van der Waals surface area contributed by atoms with Crippen molar-refractivity contribution in [2.75, 3.05) is 0 Å². The van der Waals surface area contributed by atoms with Gasteiger partial charge in [0, 0.05) is 6.54 Å². The Bertz CT molecular complexity index is 641. The van der Waals surface area contributed by atoms with E-state index in [0.29, 0.717) is 0 Å². The Morgan fingerprint density at radius 2 is 1.75 bits per heavy atom. The van der Waals surface area contributed by atoms with Crippen molar-refractivity contribution >= 4 is 17.5 Å². The summed E-state index contributed by atoms with van der Waals surface area (Å²) in [6.45, 7) is 2.25. The van der Waals surface area contributed by atoms with Gasteiger partial charge >= 0.3 is 0 Å². The fourth-order valence-electron chi connectivity index (χ4n) is 1.68. The number of carbonyl (C=O) groups excluding carboxylic acids is 1. The zero-order valence-corrected chi connectivity index (χ0v) is 11.5. The standard InChI is InChI=1S/C15H12ClF2NO/c1-9-2-4-10(5-3-9)8-19-15(20)11-6-13(17)14(18)7-12(11)16/h2-7H,8H2,1H3,(H,19,20). The average molecular weight is 296 g/mol. The zero-order chi connectivity index (χ0) is 14.7. The van der Waals surface area contributed by atoms with Crippen LogP contribution in [0.15, 0.2) is 36.4 Å². The minimum atomic E-state index is -1.10. The van der Waals surface area contributed by atoms with Crippen molar-refractivity contribution in [3.05, 3.63) is 69.7 Å². The maximum Gasteiger partial charge on any atom is 0.253 e. The van der Waals surface area contributed by atoms with Gasteiger partial charge in [-0.2, -0.15) is 0 Å². The lowest BCUT2D eigenvalue weighted by atomic mass is 10.1. The Morgan fingerprint density at radius 1 is 1.15 bits per heavy atom. The third-order valence-corrected chi connectivity index (χ3v) is 3.14. The summed E-state index contributed by atoms with van der Waals surface area (Å²) in [6.07, 6.45) is 0. The molecular weight excluding hydrogens is 284 g/mol. The van der Waals surface area contributed by atoms with Gasteiger partial charge in [-0.1, -0.05) is 41.4 Å². The first-order chi connectivity index (χ1) is 9.47. The Kier molecular flexibility index (Phi) is 4.35. The molecule has 2 nitrogen and oxygen atoms in total. The molecule has 0 aromatic heterocycles. The van der Waals surface area contributed by atoms with Crippen LogP contribution in [0.3, 0.4) is 0 Å². The Balaban J connectivity index is 2.09. The molecule has 0 aliphatic rings. The number of hydrogen-bond donors (Lipinski definition) is 1. The predicted octanol–water partition coefficient (Wildman–Crippen LogP) is 3.86. The van der Waals surface area contributed by atoms with Crippen molar-refractivity contribution in [2.24, 2.45) is 0 Å². The zero-order valence-electron chi connectivity index (χ0n) is 10.7. The van der Waals surface area contributed by atoms with Crippen molar-refractivity contribution < 1.29 is 13.6 Å². The van der Waals surface area contributed by atoms with Gasteiger partial charge in [0.2, 0.25) is 0 Å². The molecule has 2 aromatic carbocycles. The van der Waals surface area contributed by atoms with Crippen molar-refractivity contribution in [1.82, 2.24) is 5.32 Å². The van der Waals surface area contributed by atoms with Gasteiger partial charge in [0.15, 0.2) is 11.6 Å². The Hall–Kier alpha value is -1.94. The van der Waals surface area contributed by atoms with Crippen LogP contribution >= 0.6 is 11.6 Å². The van der Waals surface area contributed by atoms with Crippen LogP contribution in [0.5, 0.6) is 0 Å². The maximum atomic E-state index is 13.1. The van der Waals surface area contributed by atoms with Crippen molar-refractivity contribution in [3.63, 3.8) is 0 Å². The summed E-state index contributed by atoms with van der Waals surface area (Å²) in [7, 11) is 0. The molecule has 104 valence electrons. The van der Waals surface area contributed by atoms with Crippen LogP contribution in [0.4, 0.5) is 8.78 Å². The Labute approximate surface area is 120 Å². The fraction of sp³-hybridized carbons (Fsp3) is 0.133. The Morgan fingerprint density at radius 3 is 2.40 bits per heavy atom. The number of carbonyl (C=O) groups is 1. The van der Waals surface area contributed by atoms with E-state index < -0.39 is 17.5 Å². The van der Waals surface area contributed by atoms with Gasteiger partial charge in [-0.05, 0) is 24.6 Å². The summed E-state index contributed by atoms with van der Waals surface area (Å²) < 4.78 is 26.0. The highest BCUT2D eigenvalue weighted by Gasteiger charge is 2.14. The molecule has 0 fully saturated rings. The molecular formula is C15H12ClF2NO. The van der Waals surface area contributed by atoms with Crippen molar-refractivity contribution in [2.45, 2.75) is 13.5 Å². The van der Waals surface area contributed by atoms with Crippen LogP contribution in [0.25, 0.3) is 0 Å². The molecule has 0 radical (unpaired) electrons. The van der Waals surface area contributed by atoms with E-state index in [1.165, 1.54) is 0 Å². The van der Waals surface area contributed by atoms with E-state index in [1.54, 1.807) is 0 Å². The van der Waals surface area contributed by atoms with E-state index in [9.17, 15) is 13.6 Å². The average Bonchev–Trinajstić information content (AvgIpc) is 2.42. The molecule has 0 saturated carbocycles. The number of rotatable bonds is 3. The van der Waals surface area contributed by atoms with Gasteiger partial charge in [-0.25, -0.2) is 8.78 Å². The van der Waals surface area contributed by atoms with Crippen LogP contribution in [-0.4, -0.2) is 5.91 Å². The van der Waals surface area contributed by atoms with Crippen molar-refractivity contribution in [3.8, 4) is 0 Å². The molecule has 0 bridgehead atoms. The number of aryl methyl sites for hydroxylation is 1. The van der Waals surface area contributed by atoms with Gasteiger partial charge in [0.1, 0.15) is 0 Å². The second-order valence-electron chi connectivity index (χ2n) is 4.41. The summed E-state index contributed by atoms with van der Waals surface area (Å²) in [4.78, 5) is 11.9. The lowest BCUT2D eigenvalue weighted by Gasteiger charge is -2.08. The first-order valence-corrected chi connectivity index (χ1v) is 6.33. The molecule has 1 N–H and O–H groups in total. The molecule has 0 aliphatic heterocycles. The fourth-order valence-corrected chi connectivity index (χ4v) is 1.92. The smallest absolute Gasteiger partial charge is 0.253 e. The lowest BCUT2D eigenvalue weighted by molar-refractivity contribution is 0.0950. The molecule has 0 saturated heterocycles. The first kappa shape index (κ1) is 14.5. The quantitative estimate of drug-likeness (QED) is 0.856. The number of halogens is 3. The van der Waals surface area contributed by atoms with E-state index in [4.69, 9.17) is 11.6 Å². The normalized spacial score (nSPS) is 10.4. The molecule has 2 rings (SSSR count). The highest BCUT2D eigenvalue weighted by Crippen LogP contribution is 2.20. The predicted molar refractivity (Wildman–Crippen MR) is 73.7 cm³/mol. The molecule has 20 heavy (non-hydrogen) atoms. The monoisotopic (exact) mass is 295 g/mol. The van der Waals surface area contributed by atoms with Gasteiger partial charge in [0.25, 0.3) is 5.91 Å². The molecule has 0 heterocycles. The van der Waals surface area contributed by atoms with Crippen LogP contribution < -0.4 is 5.32 Å². The number of amides is 1. The highest BCUT2D eigenvalue weighted by atomic mass is 35.5. The first-order valence-electron chi connectivity index (χ1n) is 5.95. The molecule has 0 spiro atoms. The number of benzene rings is 2. The topological polar surface area (TPSA) is 29.1 Å². The van der Waals surface area contributed by atoms with E-state index >= 15 is 0 Å². The van der Waals surface area contributed by atoms with Crippen molar-refractivity contribution in [1.29, 1.82) is 0 Å². The third kappa shape index (κ3) is 3.33. The molecule has 2 aromatic rings. The SMILES string of the molecule is Cc1ccc(CNC(=O)c2cc(F)c(F)cc2Cl)cc1.